The molecule has 7 heteroatoms. The van der Waals surface area contributed by atoms with Gasteiger partial charge in [0, 0.05) is 33.1 Å². The van der Waals surface area contributed by atoms with E-state index in [0.29, 0.717) is 18.3 Å². The molecule has 1 aromatic heterocycles. The minimum absolute atomic E-state index is 0.226. The van der Waals surface area contributed by atoms with Crippen molar-refractivity contribution in [1.82, 2.24) is 14.3 Å². The third kappa shape index (κ3) is 1.80. The van der Waals surface area contributed by atoms with Crippen molar-refractivity contribution in [1.29, 1.82) is 0 Å². The number of aryl methyl sites for hydroxylation is 1. The molecular weight excluding hydrogens is 248 g/mol. The molecule has 1 saturated carbocycles. The van der Waals surface area contributed by atoms with Gasteiger partial charge >= 0.3 is 5.69 Å². The summed E-state index contributed by atoms with van der Waals surface area (Å²) in [5.41, 5.74) is -0.786. The predicted molar refractivity (Wildman–Crippen MR) is 69.2 cm³/mol. The molecule has 1 aliphatic heterocycles. The first-order chi connectivity index (χ1) is 8.99. The van der Waals surface area contributed by atoms with Gasteiger partial charge in [0.05, 0.1) is 6.10 Å². The van der Waals surface area contributed by atoms with Gasteiger partial charge in [-0.25, -0.2) is 9.48 Å². The molecule has 104 valence electrons. The first kappa shape index (κ1) is 12.4. The summed E-state index contributed by atoms with van der Waals surface area (Å²) in [6.07, 6.45) is 1.57. The van der Waals surface area contributed by atoms with Crippen LogP contribution in [0.3, 0.4) is 0 Å². The Hall–Kier alpha value is -1.63. The van der Waals surface area contributed by atoms with Gasteiger partial charge in [-0.3, -0.25) is 9.36 Å². The van der Waals surface area contributed by atoms with E-state index in [4.69, 9.17) is 0 Å². The Morgan fingerprint density at radius 3 is 2.63 bits per heavy atom. The molecule has 1 aliphatic carbocycles. The van der Waals surface area contributed by atoms with Crippen molar-refractivity contribution in [2.24, 2.45) is 25.9 Å². The van der Waals surface area contributed by atoms with Gasteiger partial charge < -0.3 is 10.0 Å². The first-order valence-electron chi connectivity index (χ1n) is 6.56. The van der Waals surface area contributed by atoms with Crippen LogP contribution in [0.25, 0.3) is 0 Å². The predicted octanol–water partition coefficient (Wildman–Crippen LogP) is -1.31. The Morgan fingerprint density at radius 1 is 1.21 bits per heavy atom. The molecule has 1 N–H and O–H groups in total. The van der Waals surface area contributed by atoms with Gasteiger partial charge in [0.15, 0.2) is 0 Å². The average Bonchev–Trinajstić information content (AvgIpc) is 2.94. The lowest BCUT2D eigenvalue weighted by molar-refractivity contribution is 0.133. The van der Waals surface area contributed by atoms with Crippen LogP contribution in [0.4, 0.5) is 5.82 Å². The molecule has 0 bridgehead atoms. The Kier molecular flexibility index (Phi) is 2.74. The zero-order valence-electron chi connectivity index (χ0n) is 11.1. The second kappa shape index (κ2) is 4.19. The molecule has 19 heavy (non-hydrogen) atoms. The standard InChI is InChI=1S/C12H18N4O3/c1-14-11(18)10(13-15(2)12(14)19)16-5-7-3-4-9(17)8(7)6-16/h7-9,17H,3-6H2,1-2H3. The van der Waals surface area contributed by atoms with Crippen molar-refractivity contribution in [2.45, 2.75) is 18.9 Å². The molecule has 2 aliphatic rings. The van der Waals surface area contributed by atoms with Gasteiger partial charge in [-0.15, -0.1) is 5.10 Å². The van der Waals surface area contributed by atoms with Crippen LogP contribution in [0.2, 0.25) is 0 Å². The Bertz CT molecular complexity index is 620. The third-order valence-corrected chi connectivity index (χ3v) is 4.42. The van der Waals surface area contributed by atoms with E-state index in [1.165, 1.54) is 18.8 Å². The van der Waals surface area contributed by atoms with Crippen molar-refractivity contribution in [3.63, 3.8) is 0 Å². The number of hydrogen-bond donors (Lipinski definition) is 1. The summed E-state index contributed by atoms with van der Waals surface area (Å²) in [7, 11) is 3.00. The normalized spacial score (nSPS) is 29.8. The molecule has 7 nitrogen and oxygen atoms in total. The van der Waals surface area contributed by atoms with E-state index in [-0.39, 0.29) is 17.6 Å². The van der Waals surface area contributed by atoms with E-state index < -0.39 is 5.69 Å². The van der Waals surface area contributed by atoms with Gasteiger partial charge in [0.1, 0.15) is 0 Å². The second-order valence-electron chi connectivity index (χ2n) is 5.57. The summed E-state index contributed by atoms with van der Waals surface area (Å²) in [6.45, 7) is 1.38. The van der Waals surface area contributed by atoms with Crippen LogP contribution in [0.15, 0.2) is 9.59 Å². The number of nitrogens with zero attached hydrogens (tertiary/aromatic N) is 4. The molecule has 0 aromatic carbocycles. The highest BCUT2D eigenvalue weighted by Crippen LogP contribution is 2.38. The van der Waals surface area contributed by atoms with Crippen LogP contribution in [0.1, 0.15) is 12.8 Å². The number of hydrogen-bond acceptors (Lipinski definition) is 5. The zero-order valence-corrected chi connectivity index (χ0v) is 11.1. The number of anilines is 1. The van der Waals surface area contributed by atoms with E-state index in [2.05, 4.69) is 5.10 Å². The highest BCUT2D eigenvalue weighted by atomic mass is 16.3. The van der Waals surface area contributed by atoms with Gasteiger partial charge in [-0.05, 0) is 18.8 Å². The molecule has 2 heterocycles. The molecule has 0 spiro atoms. The summed E-state index contributed by atoms with van der Waals surface area (Å²) >= 11 is 0. The van der Waals surface area contributed by atoms with Gasteiger partial charge in [0.25, 0.3) is 5.56 Å². The first-order valence-corrected chi connectivity index (χ1v) is 6.56. The van der Waals surface area contributed by atoms with Crippen molar-refractivity contribution in [3.8, 4) is 0 Å². The van der Waals surface area contributed by atoms with Gasteiger partial charge in [0.2, 0.25) is 5.82 Å². The Morgan fingerprint density at radius 2 is 1.95 bits per heavy atom. The van der Waals surface area contributed by atoms with E-state index in [9.17, 15) is 14.7 Å². The van der Waals surface area contributed by atoms with Crippen molar-refractivity contribution in [3.05, 3.63) is 20.8 Å². The lowest BCUT2D eigenvalue weighted by Gasteiger charge is -2.19. The van der Waals surface area contributed by atoms with Crippen molar-refractivity contribution < 1.29 is 5.11 Å². The van der Waals surface area contributed by atoms with Crippen LogP contribution in [0, 0.1) is 11.8 Å². The molecular formula is C12H18N4O3. The van der Waals surface area contributed by atoms with Crippen LogP contribution >= 0.6 is 0 Å². The molecule has 3 atom stereocenters. The highest BCUT2D eigenvalue weighted by Gasteiger charge is 2.43. The van der Waals surface area contributed by atoms with Crippen LogP contribution in [-0.4, -0.2) is 38.6 Å². The van der Waals surface area contributed by atoms with Crippen LogP contribution in [-0.2, 0) is 14.1 Å². The fraction of sp³-hybridized carbons (Fsp3) is 0.750. The second-order valence-corrected chi connectivity index (χ2v) is 5.57. The molecule has 0 radical (unpaired) electrons. The fourth-order valence-corrected chi connectivity index (χ4v) is 3.29. The summed E-state index contributed by atoms with van der Waals surface area (Å²) in [5, 5.41) is 14.0. The van der Waals surface area contributed by atoms with Crippen molar-refractivity contribution in [2.75, 3.05) is 18.0 Å². The van der Waals surface area contributed by atoms with Crippen molar-refractivity contribution >= 4 is 5.82 Å². The monoisotopic (exact) mass is 266 g/mol. The molecule has 1 saturated heterocycles. The summed E-state index contributed by atoms with van der Waals surface area (Å²) < 4.78 is 2.26. The lowest BCUT2D eigenvalue weighted by atomic mass is 10.00. The number of aliphatic hydroxyl groups excluding tert-OH is 1. The van der Waals surface area contributed by atoms with E-state index in [1.54, 1.807) is 0 Å². The van der Waals surface area contributed by atoms with E-state index in [1.807, 2.05) is 4.90 Å². The van der Waals surface area contributed by atoms with E-state index >= 15 is 0 Å². The van der Waals surface area contributed by atoms with Crippen LogP contribution < -0.4 is 16.1 Å². The summed E-state index contributed by atoms with van der Waals surface area (Å²) in [6, 6.07) is 0. The van der Waals surface area contributed by atoms with E-state index in [0.717, 1.165) is 24.0 Å². The zero-order chi connectivity index (χ0) is 13.7. The average molecular weight is 266 g/mol. The number of aromatic nitrogens is 3. The lowest BCUT2D eigenvalue weighted by Crippen LogP contribution is -2.43. The maximum atomic E-state index is 12.1. The van der Waals surface area contributed by atoms with Gasteiger partial charge in [-0.1, -0.05) is 0 Å². The highest BCUT2D eigenvalue weighted by molar-refractivity contribution is 5.37. The minimum Gasteiger partial charge on any atom is -0.393 e. The quantitative estimate of drug-likeness (QED) is 0.682. The largest absolute Gasteiger partial charge is 0.393 e. The molecule has 3 unspecified atom stereocenters. The SMILES string of the molecule is Cn1nc(N2CC3CCC(O)C3C2)c(=O)n(C)c1=O. The summed E-state index contributed by atoms with van der Waals surface area (Å²) in [5.74, 6) is 0.966. The number of fused-ring (bicyclic) bond motifs is 1. The molecule has 0 amide bonds. The Labute approximate surface area is 110 Å². The fourth-order valence-electron chi connectivity index (χ4n) is 3.29. The number of aliphatic hydroxyl groups is 1. The molecule has 1 aromatic rings. The van der Waals surface area contributed by atoms with Crippen LogP contribution in [0.5, 0.6) is 0 Å². The number of rotatable bonds is 1. The smallest absolute Gasteiger partial charge is 0.346 e. The Balaban J connectivity index is 1.97. The minimum atomic E-state index is -0.423. The molecule has 3 rings (SSSR count). The maximum Gasteiger partial charge on any atom is 0.346 e. The van der Waals surface area contributed by atoms with Gasteiger partial charge in [-0.2, -0.15) is 0 Å². The molecule has 2 fully saturated rings. The maximum absolute atomic E-state index is 12.1. The summed E-state index contributed by atoms with van der Waals surface area (Å²) in [4.78, 5) is 25.6. The third-order valence-electron chi connectivity index (χ3n) is 4.42. The topological polar surface area (TPSA) is 80.4 Å².